The van der Waals surface area contributed by atoms with Crippen molar-refractivity contribution >= 4 is 11.8 Å². The van der Waals surface area contributed by atoms with E-state index in [1.54, 1.807) is 6.07 Å². The molecule has 2 aromatic heterocycles. The zero-order chi connectivity index (χ0) is 15.4. The molecule has 0 unspecified atom stereocenters. The van der Waals surface area contributed by atoms with Gasteiger partial charge in [-0.2, -0.15) is 4.98 Å². The number of aromatic nitrogens is 3. The van der Waals surface area contributed by atoms with Crippen molar-refractivity contribution in [3.05, 3.63) is 41.9 Å². The van der Waals surface area contributed by atoms with Crippen LogP contribution in [0.5, 0.6) is 0 Å². The molecule has 0 aliphatic carbocycles. The lowest BCUT2D eigenvalue weighted by molar-refractivity contribution is 0.209. The van der Waals surface area contributed by atoms with E-state index >= 15 is 0 Å². The van der Waals surface area contributed by atoms with E-state index in [1.165, 1.54) is 0 Å². The minimum absolute atomic E-state index is 0.404. The van der Waals surface area contributed by atoms with Crippen molar-refractivity contribution in [2.24, 2.45) is 0 Å². The van der Waals surface area contributed by atoms with Crippen molar-refractivity contribution in [1.82, 2.24) is 19.9 Å². The number of nitrogens with two attached hydrogens (primary N) is 1. The number of nitrogen functional groups attached to an aromatic ring is 1. The summed E-state index contributed by atoms with van der Waals surface area (Å²) in [4.78, 5) is 15.5. The number of nitrogens with zero attached hydrogens (tertiary/aromatic N) is 4. The van der Waals surface area contributed by atoms with Crippen LogP contribution in [0.4, 0.5) is 11.8 Å². The monoisotopic (exact) mass is 298 g/mol. The number of hydrogen-bond acceptors (Lipinski definition) is 6. The second kappa shape index (κ2) is 6.70. The topological polar surface area (TPSA) is 80.0 Å². The SMILES string of the molecule is Cc1cc(N)nc(NC2CCN(Cc3ccccn3)CC2)n1. The smallest absolute Gasteiger partial charge is 0.225 e. The lowest BCUT2D eigenvalue weighted by atomic mass is 10.1. The summed E-state index contributed by atoms with van der Waals surface area (Å²) in [6.45, 7) is 4.95. The molecular weight excluding hydrogens is 276 g/mol. The maximum Gasteiger partial charge on any atom is 0.225 e. The molecule has 3 heterocycles. The van der Waals surface area contributed by atoms with Crippen LogP contribution in [0.3, 0.4) is 0 Å². The first-order valence-electron chi connectivity index (χ1n) is 7.69. The Balaban J connectivity index is 1.51. The van der Waals surface area contributed by atoms with Gasteiger partial charge in [0.1, 0.15) is 5.82 Å². The van der Waals surface area contributed by atoms with Crippen LogP contribution in [0, 0.1) is 6.92 Å². The van der Waals surface area contributed by atoms with Gasteiger partial charge in [-0.3, -0.25) is 9.88 Å². The Morgan fingerprint density at radius 2 is 2.09 bits per heavy atom. The summed E-state index contributed by atoms with van der Waals surface area (Å²) in [5.41, 5.74) is 7.79. The van der Waals surface area contributed by atoms with Crippen LogP contribution >= 0.6 is 0 Å². The van der Waals surface area contributed by atoms with Crippen LogP contribution in [-0.4, -0.2) is 39.0 Å². The molecule has 22 heavy (non-hydrogen) atoms. The van der Waals surface area contributed by atoms with Gasteiger partial charge >= 0.3 is 0 Å². The third-order valence-corrected chi connectivity index (χ3v) is 3.91. The lowest BCUT2D eigenvalue weighted by Gasteiger charge is -2.32. The second-order valence-corrected chi connectivity index (χ2v) is 5.77. The first kappa shape index (κ1) is 14.7. The van der Waals surface area contributed by atoms with Crippen LogP contribution < -0.4 is 11.1 Å². The Morgan fingerprint density at radius 3 is 2.77 bits per heavy atom. The average Bonchev–Trinajstić information content (AvgIpc) is 2.49. The number of rotatable bonds is 4. The lowest BCUT2D eigenvalue weighted by Crippen LogP contribution is -2.39. The van der Waals surface area contributed by atoms with Gasteiger partial charge < -0.3 is 11.1 Å². The van der Waals surface area contributed by atoms with Gasteiger partial charge in [0, 0.05) is 43.6 Å². The standard InChI is InChI=1S/C16H22N6/c1-12-10-15(17)21-16(19-12)20-13-5-8-22(9-6-13)11-14-4-2-3-7-18-14/h2-4,7,10,13H,5-6,8-9,11H2,1H3,(H3,17,19,20,21). The molecular formula is C16H22N6. The Bertz CT molecular complexity index is 587. The quantitative estimate of drug-likeness (QED) is 0.896. The normalized spacial score (nSPS) is 16.6. The van der Waals surface area contributed by atoms with Crippen molar-refractivity contribution < 1.29 is 0 Å². The van der Waals surface area contributed by atoms with Gasteiger partial charge in [-0.25, -0.2) is 4.98 Å². The summed E-state index contributed by atoms with van der Waals surface area (Å²) in [5, 5.41) is 3.40. The van der Waals surface area contributed by atoms with Gasteiger partial charge in [0.15, 0.2) is 0 Å². The highest BCUT2D eigenvalue weighted by Gasteiger charge is 2.20. The maximum absolute atomic E-state index is 5.77. The fourth-order valence-electron chi connectivity index (χ4n) is 2.80. The van der Waals surface area contributed by atoms with Crippen molar-refractivity contribution in [2.45, 2.75) is 32.4 Å². The van der Waals surface area contributed by atoms with E-state index in [0.717, 1.165) is 43.9 Å². The highest BCUT2D eigenvalue weighted by Crippen LogP contribution is 2.16. The number of piperidine rings is 1. The van der Waals surface area contributed by atoms with Crippen molar-refractivity contribution in [3.63, 3.8) is 0 Å². The molecule has 0 spiro atoms. The zero-order valence-electron chi connectivity index (χ0n) is 12.9. The van der Waals surface area contributed by atoms with E-state index in [1.807, 2.05) is 25.3 Å². The Hall–Kier alpha value is -2.21. The largest absolute Gasteiger partial charge is 0.384 e. The predicted molar refractivity (Wildman–Crippen MR) is 87.3 cm³/mol. The van der Waals surface area contributed by atoms with E-state index in [0.29, 0.717) is 17.8 Å². The third kappa shape index (κ3) is 3.92. The molecule has 0 saturated carbocycles. The van der Waals surface area contributed by atoms with Crippen molar-refractivity contribution in [3.8, 4) is 0 Å². The minimum Gasteiger partial charge on any atom is -0.384 e. The van der Waals surface area contributed by atoms with Crippen molar-refractivity contribution in [2.75, 3.05) is 24.1 Å². The van der Waals surface area contributed by atoms with E-state index in [-0.39, 0.29) is 0 Å². The van der Waals surface area contributed by atoms with Gasteiger partial charge in [-0.15, -0.1) is 0 Å². The Morgan fingerprint density at radius 1 is 1.27 bits per heavy atom. The van der Waals surface area contributed by atoms with Crippen molar-refractivity contribution in [1.29, 1.82) is 0 Å². The third-order valence-electron chi connectivity index (χ3n) is 3.91. The predicted octanol–water partition coefficient (Wildman–Crippen LogP) is 1.84. The van der Waals surface area contributed by atoms with Crippen LogP contribution in [-0.2, 0) is 6.54 Å². The summed E-state index contributed by atoms with van der Waals surface area (Å²) in [7, 11) is 0. The summed E-state index contributed by atoms with van der Waals surface area (Å²) < 4.78 is 0. The molecule has 1 fully saturated rings. The number of hydrogen-bond donors (Lipinski definition) is 2. The van der Waals surface area contributed by atoms with Crippen LogP contribution in [0.2, 0.25) is 0 Å². The highest BCUT2D eigenvalue weighted by molar-refractivity contribution is 5.38. The zero-order valence-corrected chi connectivity index (χ0v) is 12.9. The fourth-order valence-corrected chi connectivity index (χ4v) is 2.80. The first-order valence-corrected chi connectivity index (χ1v) is 7.69. The Labute approximate surface area is 130 Å². The van der Waals surface area contributed by atoms with E-state index in [4.69, 9.17) is 5.73 Å². The molecule has 116 valence electrons. The summed E-state index contributed by atoms with van der Waals surface area (Å²) in [5.74, 6) is 1.16. The van der Waals surface area contributed by atoms with E-state index < -0.39 is 0 Å². The number of anilines is 2. The van der Waals surface area contributed by atoms with Gasteiger partial charge in [0.05, 0.1) is 5.69 Å². The summed E-state index contributed by atoms with van der Waals surface area (Å²) in [6, 6.07) is 8.25. The molecule has 0 amide bonds. The Kier molecular flexibility index (Phi) is 4.48. The number of likely N-dealkylation sites (tertiary alicyclic amines) is 1. The fraction of sp³-hybridized carbons (Fsp3) is 0.438. The van der Waals surface area contributed by atoms with Gasteiger partial charge in [-0.05, 0) is 31.9 Å². The average molecular weight is 298 g/mol. The van der Waals surface area contributed by atoms with E-state index in [2.05, 4.69) is 31.2 Å². The molecule has 0 atom stereocenters. The molecule has 3 rings (SSSR count). The first-order chi connectivity index (χ1) is 10.7. The molecule has 1 saturated heterocycles. The van der Waals surface area contributed by atoms with Gasteiger partial charge in [0.25, 0.3) is 0 Å². The van der Waals surface area contributed by atoms with Crippen LogP contribution in [0.25, 0.3) is 0 Å². The molecule has 1 aliphatic rings. The molecule has 1 aliphatic heterocycles. The maximum atomic E-state index is 5.77. The molecule has 0 radical (unpaired) electrons. The van der Waals surface area contributed by atoms with Gasteiger partial charge in [-0.1, -0.05) is 6.07 Å². The minimum atomic E-state index is 0.404. The van der Waals surface area contributed by atoms with E-state index in [9.17, 15) is 0 Å². The van der Waals surface area contributed by atoms with Crippen LogP contribution in [0.15, 0.2) is 30.5 Å². The number of nitrogens with one attached hydrogen (secondary N) is 1. The summed E-state index contributed by atoms with van der Waals surface area (Å²) in [6.07, 6.45) is 4.00. The number of pyridine rings is 1. The summed E-state index contributed by atoms with van der Waals surface area (Å²) >= 11 is 0. The number of aryl methyl sites for hydroxylation is 1. The molecule has 6 heteroatoms. The molecule has 3 N–H and O–H groups in total. The highest BCUT2D eigenvalue weighted by atomic mass is 15.2. The second-order valence-electron chi connectivity index (χ2n) is 5.77. The molecule has 6 nitrogen and oxygen atoms in total. The molecule has 0 aromatic carbocycles. The van der Waals surface area contributed by atoms with Crippen LogP contribution in [0.1, 0.15) is 24.2 Å². The molecule has 2 aromatic rings. The van der Waals surface area contributed by atoms with Gasteiger partial charge in [0.2, 0.25) is 5.95 Å². The molecule has 0 bridgehead atoms.